The third-order valence-electron chi connectivity index (χ3n) is 3.74. The number of carbonyl (C=O) groups is 1. The minimum atomic E-state index is -3.68. The molecule has 0 radical (unpaired) electrons. The minimum Gasteiger partial charge on any atom is -0.337 e. The Morgan fingerprint density at radius 1 is 1.29 bits per heavy atom. The van der Waals surface area contributed by atoms with Crippen LogP contribution in [0.1, 0.15) is 12.0 Å². The van der Waals surface area contributed by atoms with Crippen molar-refractivity contribution in [3.05, 3.63) is 42.1 Å². The molecule has 0 aliphatic carbocycles. The zero-order valence-corrected chi connectivity index (χ0v) is 12.1. The van der Waals surface area contributed by atoms with Gasteiger partial charge in [-0.15, -0.1) is 0 Å². The van der Waals surface area contributed by atoms with Crippen molar-refractivity contribution < 1.29 is 13.2 Å². The van der Waals surface area contributed by atoms with Gasteiger partial charge >= 0.3 is 0 Å². The first-order chi connectivity index (χ1) is 9.95. The fraction of sp³-hybridized carbons (Fsp3) is 0.286. The van der Waals surface area contributed by atoms with Gasteiger partial charge in [-0.2, -0.15) is 0 Å². The molecular weight excluding hydrogens is 290 g/mol. The van der Waals surface area contributed by atoms with E-state index in [2.05, 4.69) is 4.98 Å². The van der Waals surface area contributed by atoms with Crippen molar-refractivity contribution >= 4 is 26.8 Å². The largest absolute Gasteiger partial charge is 0.337 e. The van der Waals surface area contributed by atoms with E-state index in [1.165, 1.54) is 4.90 Å². The molecule has 1 aliphatic rings. The molecule has 2 N–H and O–H groups in total. The molecule has 21 heavy (non-hydrogen) atoms. The van der Waals surface area contributed by atoms with Gasteiger partial charge in [-0.05, 0) is 17.7 Å². The average molecular weight is 305 g/mol. The summed E-state index contributed by atoms with van der Waals surface area (Å²) in [5.41, 5.74) is 1.80. The van der Waals surface area contributed by atoms with Gasteiger partial charge in [-0.25, -0.2) is 13.6 Å². The zero-order valence-electron chi connectivity index (χ0n) is 11.3. The van der Waals surface area contributed by atoms with E-state index in [0.29, 0.717) is 6.54 Å². The average Bonchev–Trinajstić information content (AvgIpc) is 2.81. The van der Waals surface area contributed by atoms with Crippen LogP contribution in [-0.4, -0.2) is 36.0 Å². The van der Waals surface area contributed by atoms with Crippen LogP contribution in [0.15, 0.2) is 36.5 Å². The molecule has 110 valence electrons. The Morgan fingerprint density at radius 2 is 2.10 bits per heavy atom. The van der Waals surface area contributed by atoms with Crippen molar-refractivity contribution in [1.29, 1.82) is 0 Å². The number of nitrogens with two attached hydrogens (primary N) is 1. The third-order valence-corrected chi connectivity index (χ3v) is 4.99. The van der Waals surface area contributed by atoms with Gasteiger partial charge in [-0.1, -0.05) is 18.2 Å². The number of amides is 1. The molecule has 0 saturated carbocycles. The number of aromatic nitrogens is 1. The van der Waals surface area contributed by atoms with E-state index in [9.17, 15) is 13.2 Å². The number of rotatable bonds is 3. The van der Waals surface area contributed by atoms with Crippen LogP contribution < -0.4 is 5.14 Å². The molecule has 0 spiro atoms. The maximum Gasteiger partial charge on any atom is 0.224 e. The third kappa shape index (κ3) is 2.74. The molecule has 1 amide bonds. The van der Waals surface area contributed by atoms with E-state index >= 15 is 0 Å². The SMILES string of the molecule is NS(=O)(=O)C1CC(=O)N(Cc2cccc3ncccc23)C1. The van der Waals surface area contributed by atoms with E-state index in [0.717, 1.165) is 16.5 Å². The molecule has 1 aliphatic heterocycles. The number of hydrogen-bond acceptors (Lipinski definition) is 4. The minimum absolute atomic E-state index is 0.0398. The van der Waals surface area contributed by atoms with Crippen LogP contribution in [-0.2, 0) is 21.4 Å². The molecule has 6 nitrogen and oxygen atoms in total. The summed E-state index contributed by atoms with van der Waals surface area (Å²) in [7, 11) is -3.68. The first kappa shape index (κ1) is 14.0. The first-order valence-electron chi connectivity index (χ1n) is 6.57. The highest BCUT2D eigenvalue weighted by Gasteiger charge is 2.36. The summed E-state index contributed by atoms with van der Waals surface area (Å²) in [6.45, 7) is 0.516. The maximum atomic E-state index is 12.0. The van der Waals surface area contributed by atoms with E-state index in [-0.39, 0.29) is 18.9 Å². The number of hydrogen-bond donors (Lipinski definition) is 1. The topological polar surface area (TPSA) is 93.4 Å². The lowest BCUT2D eigenvalue weighted by atomic mass is 10.1. The fourth-order valence-corrected chi connectivity index (χ4v) is 3.38. The van der Waals surface area contributed by atoms with Gasteiger partial charge in [0, 0.05) is 31.1 Å². The summed E-state index contributed by atoms with van der Waals surface area (Å²) in [4.78, 5) is 17.8. The number of benzene rings is 1. The van der Waals surface area contributed by atoms with Crippen molar-refractivity contribution in [1.82, 2.24) is 9.88 Å². The van der Waals surface area contributed by atoms with E-state index in [1.807, 2.05) is 30.3 Å². The standard InChI is InChI=1S/C14H15N3O3S/c15-21(19,20)11-7-14(18)17(9-11)8-10-3-1-5-13-12(10)4-2-6-16-13/h1-6,11H,7-9H2,(H2,15,19,20). The normalized spacial score (nSPS) is 19.4. The molecule has 1 atom stereocenters. The Kier molecular flexibility index (Phi) is 3.38. The molecule has 1 aromatic carbocycles. The quantitative estimate of drug-likeness (QED) is 0.899. The van der Waals surface area contributed by atoms with Crippen LogP contribution in [0, 0.1) is 0 Å². The van der Waals surface area contributed by atoms with Gasteiger partial charge in [0.2, 0.25) is 15.9 Å². The molecule has 2 aromatic rings. The van der Waals surface area contributed by atoms with Crippen LogP contribution >= 0.6 is 0 Å². The van der Waals surface area contributed by atoms with Crippen LogP contribution in [0.5, 0.6) is 0 Å². The molecule has 2 heterocycles. The number of nitrogens with zero attached hydrogens (tertiary/aromatic N) is 2. The lowest BCUT2D eigenvalue weighted by molar-refractivity contribution is -0.128. The summed E-state index contributed by atoms with van der Waals surface area (Å²) in [5.74, 6) is -0.185. The van der Waals surface area contributed by atoms with Crippen molar-refractivity contribution in [3.63, 3.8) is 0 Å². The second-order valence-corrected chi connectivity index (χ2v) is 7.02. The highest BCUT2D eigenvalue weighted by atomic mass is 32.2. The first-order valence-corrected chi connectivity index (χ1v) is 8.18. The molecular formula is C14H15N3O3S. The van der Waals surface area contributed by atoms with Crippen LogP contribution in [0.3, 0.4) is 0 Å². The summed E-state index contributed by atoms with van der Waals surface area (Å²) in [5, 5.41) is 5.29. The van der Waals surface area contributed by atoms with Gasteiger partial charge < -0.3 is 4.90 Å². The number of sulfonamides is 1. The van der Waals surface area contributed by atoms with Crippen LogP contribution in [0.4, 0.5) is 0 Å². The Labute approximate surface area is 122 Å². The van der Waals surface area contributed by atoms with Crippen LogP contribution in [0.25, 0.3) is 10.9 Å². The summed E-state index contributed by atoms with van der Waals surface area (Å²) in [6.07, 6.45) is 1.67. The van der Waals surface area contributed by atoms with E-state index in [4.69, 9.17) is 5.14 Å². The predicted molar refractivity (Wildman–Crippen MR) is 78.7 cm³/mol. The Bertz CT molecular complexity index is 799. The highest BCUT2D eigenvalue weighted by Crippen LogP contribution is 2.23. The number of likely N-dealkylation sites (tertiary alicyclic amines) is 1. The Morgan fingerprint density at radius 3 is 2.81 bits per heavy atom. The van der Waals surface area contributed by atoms with Gasteiger partial charge in [0.25, 0.3) is 0 Å². The molecule has 7 heteroatoms. The lowest BCUT2D eigenvalue weighted by Crippen LogP contribution is -2.31. The zero-order chi connectivity index (χ0) is 15.0. The van der Waals surface area contributed by atoms with Crippen molar-refractivity contribution in [2.24, 2.45) is 5.14 Å². The molecule has 1 saturated heterocycles. The van der Waals surface area contributed by atoms with Gasteiger partial charge in [-0.3, -0.25) is 9.78 Å². The van der Waals surface area contributed by atoms with Crippen molar-refractivity contribution in [2.75, 3.05) is 6.54 Å². The summed E-state index contributed by atoms with van der Waals surface area (Å²) < 4.78 is 22.8. The smallest absolute Gasteiger partial charge is 0.224 e. The molecule has 0 bridgehead atoms. The van der Waals surface area contributed by atoms with Crippen LogP contribution in [0.2, 0.25) is 0 Å². The maximum absolute atomic E-state index is 12.0. The number of fused-ring (bicyclic) bond motifs is 1. The van der Waals surface area contributed by atoms with Crippen molar-refractivity contribution in [2.45, 2.75) is 18.2 Å². The Hall–Kier alpha value is -1.99. The van der Waals surface area contributed by atoms with Gasteiger partial charge in [0.05, 0.1) is 5.52 Å². The Balaban J connectivity index is 1.88. The van der Waals surface area contributed by atoms with Crippen molar-refractivity contribution in [3.8, 4) is 0 Å². The molecule has 1 aromatic heterocycles. The summed E-state index contributed by atoms with van der Waals surface area (Å²) >= 11 is 0. The molecule has 1 unspecified atom stereocenters. The second kappa shape index (κ2) is 5.09. The number of carbonyl (C=O) groups excluding carboxylic acids is 1. The van der Waals surface area contributed by atoms with E-state index < -0.39 is 15.3 Å². The predicted octanol–water partition coefficient (Wildman–Crippen LogP) is 0.624. The molecule has 1 fully saturated rings. The second-order valence-electron chi connectivity index (χ2n) is 5.18. The highest BCUT2D eigenvalue weighted by molar-refractivity contribution is 7.89. The van der Waals surface area contributed by atoms with E-state index in [1.54, 1.807) is 6.20 Å². The molecule has 3 rings (SSSR count). The van der Waals surface area contributed by atoms with Gasteiger partial charge in [0.15, 0.2) is 0 Å². The summed E-state index contributed by atoms with van der Waals surface area (Å²) in [6, 6.07) is 9.47. The van der Waals surface area contributed by atoms with Gasteiger partial charge in [0.1, 0.15) is 5.25 Å². The monoisotopic (exact) mass is 305 g/mol. The lowest BCUT2D eigenvalue weighted by Gasteiger charge is -2.17. The fourth-order valence-electron chi connectivity index (χ4n) is 2.62. The number of primary sulfonamides is 1. The number of pyridine rings is 1.